The lowest BCUT2D eigenvalue weighted by atomic mass is 9.92. The molecule has 1 amide bonds. The molecule has 25 nitrogen and oxygen atoms in total. The predicted octanol–water partition coefficient (Wildman–Crippen LogP) is 23.7. The van der Waals surface area contributed by atoms with Crippen molar-refractivity contribution in [3.05, 3.63) is 235 Å². The number of ether oxygens (including phenoxy) is 5. The maximum atomic E-state index is 12.7. The molecule has 133 heavy (non-hydrogen) atoms. The van der Waals surface area contributed by atoms with Crippen molar-refractivity contribution in [2.75, 3.05) is 61.5 Å². The first kappa shape index (κ1) is 94.7. The van der Waals surface area contributed by atoms with Crippen LogP contribution in [0.15, 0.2) is 207 Å². The van der Waals surface area contributed by atoms with Gasteiger partial charge in [-0.15, -0.1) is 6.58 Å². The maximum absolute atomic E-state index is 12.7. The number of aromatic nitrogens is 5. The minimum Gasteiger partial charge on any atom is -0.497 e. The van der Waals surface area contributed by atoms with Gasteiger partial charge < -0.3 is 57.2 Å². The number of halogens is 4. The third-order valence-corrected chi connectivity index (χ3v) is 27.1. The van der Waals surface area contributed by atoms with E-state index in [1.54, 1.807) is 87.8 Å². The van der Waals surface area contributed by atoms with Crippen molar-refractivity contribution >= 4 is 101 Å². The molecular formula is C102H101F4N14O11PS. The number of anilines is 4. The van der Waals surface area contributed by atoms with Crippen molar-refractivity contribution in [3.8, 4) is 104 Å². The van der Waals surface area contributed by atoms with Crippen LogP contribution in [-0.4, -0.2) is 96.7 Å². The normalized spacial score (nSPS) is 13.6. The molecule has 6 heterocycles. The number of nitrogen functional groups attached to an aromatic ring is 1. The maximum Gasteiger partial charge on any atom is 0.432 e. The highest BCUT2D eigenvalue weighted by Gasteiger charge is 2.32. The Morgan fingerprint density at radius 2 is 0.955 bits per heavy atom. The predicted molar refractivity (Wildman–Crippen MR) is 510 cm³/mol. The molecule has 0 radical (unpaired) electrons. The average molecular weight is 1840 g/mol. The third kappa shape index (κ3) is 21.0. The topological polar surface area (TPSA) is 330 Å². The summed E-state index contributed by atoms with van der Waals surface area (Å²) in [7, 11) is -2.58. The van der Waals surface area contributed by atoms with Gasteiger partial charge in [0.05, 0.1) is 104 Å². The number of hydrogen-bond donors (Lipinski definition) is 3. The summed E-state index contributed by atoms with van der Waals surface area (Å²) < 4.78 is 135. The van der Waals surface area contributed by atoms with Crippen LogP contribution in [0.3, 0.4) is 0 Å². The first-order valence-electron chi connectivity index (χ1n) is 43.9. The molecule has 14 aromatic rings. The van der Waals surface area contributed by atoms with Gasteiger partial charge in [-0.3, -0.25) is 23.7 Å². The fourth-order valence-electron chi connectivity index (χ4n) is 16.8. The second kappa shape index (κ2) is 41.8. The number of carbonyl (C=O) groups is 1. The molecule has 4 aliphatic rings. The van der Waals surface area contributed by atoms with Crippen LogP contribution in [0.25, 0.3) is 99.5 Å². The van der Waals surface area contributed by atoms with Crippen LogP contribution >= 0.6 is 7.75 Å². The number of aryl methyl sites for hydroxylation is 1. The largest absolute Gasteiger partial charge is 0.497 e. The number of alkyl halides is 4. The van der Waals surface area contributed by atoms with Gasteiger partial charge in [-0.05, 0) is 229 Å². The fourth-order valence-corrected chi connectivity index (χ4v) is 18.3. The fraction of sp³-hybridized carbons (Fsp3) is 0.294. The highest BCUT2D eigenvalue weighted by Crippen LogP contribution is 2.49. The molecule has 1 saturated heterocycles. The molecule has 1 aliphatic heterocycles. The number of amides is 1. The van der Waals surface area contributed by atoms with E-state index in [2.05, 4.69) is 76.0 Å². The molecule has 3 saturated carbocycles. The van der Waals surface area contributed by atoms with Gasteiger partial charge in [-0.1, -0.05) is 54.6 Å². The Bertz CT molecular complexity index is 7040. The molecule has 9 aromatic carbocycles. The zero-order valence-corrected chi connectivity index (χ0v) is 76.6. The number of benzene rings is 9. The van der Waals surface area contributed by atoms with E-state index in [4.69, 9.17) is 34.3 Å². The number of carbonyl (C=O) groups excluding carboxylic acids is 1. The van der Waals surface area contributed by atoms with E-state index in [9.17, 15) is 56.4 Å². The molecule has 5 aromatic heterocycles. The molecule has 0 atom stereocenters. The smallest absolute Gasteiger partial charge is 0.432 e. The Kier molecular flexibility index (Phi) is 29.7. The monoisotopic (exact) mass is 1840 g/mol. The third-order valence-electron chi connectivity index (χ3n) is 23.8. The van der Waals surface area contributed by atoms with Crippen molar-refractivity contribution in [3.63, 3.8) is 0 Å². The van der Waals surface area contributed by atoms with Gasteiger partial charge in [0.25, 0.3) is 0 Å². The van der Waals surface area contributed by atoms with E-state index >= 15 is 0 Å². The number of hydrogen-bond acceptors (Lipinski definition) is 17. The molecule has 0 spiro atoms. The number of allylic oxidation sites excluding steroid dienone is 1. The molecule has 4 fully saturated rings. The molecule has 3 aliphatic carbocycles. The van der Waals surface area contributed by atoms with Crippen LogP contribution in [0.5, 0.6) is 28.7 Å². The lowest BCUT2D eigenvalue weighted by molar-refractivity contribution is -0.117. The van der Waals surface area contributed by atoms with Gasteiger partial charge in [0.2, 0.25) is 15.9 Å². The highest BCUT2D eigenvalue weighted by molar-refractivity contribution is 7.93. The van der Waals surface area contributed by atoms with Gasteiger partial charge in [0.1, 0.15) is 59.1 Å². The summed E-state index contributed by atoms with van der Waals surface area (Å²) in [5, 5.41) is 55.0. The molecule has 0 unspecified atom stereocenters. The summed E-state index contributed by atoms with van der Waals surface area (Å²) in [6.45, 7) is 12.0. The summed E-state index contributed by atoms with van der Waals surface area (Å²) >= 11 is 0. The Labute approximate surface area is 769 Å². The van der Waals surface area contributed by atoms with Crippen LogP contribution in [0.4, 0.5) is 40.3 Å². The summed E-state index contributed by atoms with van der Waals surface area (Å²) in [6, 6.07) is 68.6. The number of nitriles is 5. The van der Waals surface area contributed by atoms with Gasteiger partial charge in [0, 0.05) is 146 Å². The standard InChI is InChI=1S/C23H23F2N3O3S.C23H21N3O2.C21H24N3O4P.C21H21N3O.C14H12F2N2O/c1-14(2)32(29,30)27-17-7-5-16(6-8-17)22-20(12-26)19-10-9-18(31-23(24)25)11-21(19)28(22)13-15-3-4-15;1-3-12-26-21-14-18(28-2)10-11-19(21)20(15-24)23(26)16-6-8-17(9-7-16)25-13-4-5-22(25)27;1-5-24-20-13-17(28-6-2)11-12-18(20)19(14-22)21(24)15-7-9-16(10-8-15)23-29(25,26-3)27-4;1-2-25-17-10-11-18-19(13-22)21(14-6-8-15(23)9-7-14)24(20(18)12-17)16-4-3-5-16;15-14(16)19-11-3-4-12-10(6-17)8-18(13(12)5-11)7-9-1-2-9/h5-11,14-15,23,27H,3-4,13H2,1-2H3;3,6-11,14H,1,4-5,12-13H2,2H3;7-13H,5-6H2,1-4H3,(H,23,25);6-12,16H,2-5,23H2,1H3;3-5,8-9,14H,1-2,7H2. The summed E-state index contributed by atoms with van der Waals surface area (Å²) in [6.07, 6.45) is 13.2. The van der Waals surface area contributed by atoms with Crippen molar-refractivity contribution in [1.82, 2.24) is 22.8 Å². The van der Waals surface area contributed by atoms with Crippen LogP contribution < -0.4 is 44.1 Å². The van der Waals surface area contributed by atoms with Crippen molar-refractivity contribution < 1.29 is 68.1 Å². The average Bonchev–Trinajstić information content (AvgIpc) is 1.61. The molecule has 0 bridgehead atoms. The zero-order valence-electron chi connectivity index (χ0n) is 74.9. The first-order valence-corrected chi connectivity index (χ1v) is 46.9. The SMILES string of the molecule is C=CCn1c(-c2ccc(N3CCCC3=O)cc2)c(C#N)c2ccc(OC)cc21.CC(C)S(=O)(=O)Nc1ccc(-c2c(C#N)c3ccc(OC(F)F)cc3n2CC2CC2)cc1.CCOc1ccc2c(C#N)c(-c3ccc(N)cc3)n(C3CCC3)c2c1.CCOc1ccc2c(C#N)c(-c3ccc(NP(=O)(OC)OC)cc3)n(CC)c2c1.N#Cc1cn(CC2CC2)c2cc(OC(F)F)ccc12. The Morgan fingerprint density at radius 1 is 0.519 bits per heavy atom. The number of fused-ring (bicyclic) bond motifs is 5. The highest BCUT2D eigenvalue weighted by atomic mass is 32.2. The minimum atomic E-state index is -3.48. The number of rotatable bonds is 29. The molecule has 31 heteroatoms. The molecular weight excluding hydrogens is 1740 g/mol. The van der Waals surface area contributed by atoms with Crippen LogP contribution in [-0.2, 0) is 54.6 Å². The number of nitrogens with one attached hydrogen (secondary N) is 2. The van der Waals surface area contributed by atoms with E-state index in [-0.39, 0.29) is 17.4 Å². The van der Waals surface area contributed by atoms with Crippen LogP contribution in [0.2, 0.25) is 0 Å². The van der Waals surface area contributed by atoms with E-state index in [0.29, 0.717) is 107 Å². The van der Waals surface area contributed by atoms with Gasteiger partial charge in [0.15, 0.2) is 0 Å². The number of nitrogens with two attached hydrogens (primary N) is 1. The van der Waals surface area contributed by atoms with Crippen LogP contribution in [0.1, 0.15) is 126 Å². The van der Waals surface area contributed by atoms with Crippen LogP contribution in [0, 0.1) is 68.5 Å². The van der Waals surface area contributed by atoms with E-state index in [1.807, 2.05) is 150 Å². The second-order valence-corrected chi connectivity index (χ2v) is 36.8. The lowest BCUT2D eigenvalue weighted by Crippen LogP contribution is -2.23. The number of methoxy groups -OCH3 is 1. The summed E-state index contributed by atoms with van der Waals surface area (Å²) in [4.78, 5) is 13.8. The molecule has 18 rings (SSSR count). The van der Waals surface area contributed by atoms with E-state index in [0.717, 1.165) is 162 Å². The van der Waals surface area contributed by atoms with Gasteiger partial charge >= 0.3 is 21.0 Å². The van der Waals surface area contributed by atoms with E-state index < -0.39 is 36.2 Å². The van der Waals surface area contributed by atoms with Gasteiger partial charge in [-0.25, -0.2) is 13.0 Å². The molecule has 4 N–H and O–H groups in total. The Balaban J connectivity index is 0.000000135. The Hall–Kier alpha value is -14.4. The quantitative estimate of drug-likeness (QED) is 0.0170. The Morgan fingerprint density at radius 3 is 1.42 bits per heavy atom. The van der Waals surface area contributed by atoms with Crippen molar-refractivity contribution in [2.45, 2.75) is 143 Å². The summed E-state index contributed by atoms with van der Waals surface area (Å²) in [5.74, 6) is 3.81. The van der Waals surface area contributed by atoms with Crippen molar-refractivity contribution in [1.29, 1.82) is 26.3 Å². The summed E-state index contributed by atoms with van der Waals surface area (Å²) in [5.41, 5.74) is 22.9. The first-order chi connectivity index (χ1) is 64.3. The minimum absolute atomic E-state index is 0.0385. The van der Waals surface area contributed by atoms with Crippen molar-refractivity contribution in [2.24, 2.45) is 11.8 Å². The zero-order chi connectivity index (χ0) is 94.5. The number of sulfonamides is 1. The van der Waals surface area contributed by atoms with Gasteiger partial charge in [-0.2, -0.15) is 43.9 Å². The number of nitrogens with zero attached hydrogens (tertiary/aromatic N) is 11. The lowest BCUT2D eigenvalue weighted by Gasteiger charge is -2.30. The molecule has 684 valence electrons. The second-order valence-electron chi connectivity index (χ2n) is 32.6. The van der Waals surface area contributed by atoms with E-state index in [1.165, 1.54) is 45.6 Å².